The Morgan fingerprint density at radius 2 is 1.79 bits per heavy atom. The highest BCUT2D eigenvalue weighted by Crippen LogP contribution is 2.33. The summed E-state index contributed by atoms with van der Waals surface area (Å²) in [4.78, 5) is 38.5. The molecule has 0 radical (unpaired) electrons. The van der Waals surface area contributed by atoms with Gasteiger partial charge in [-0.05, 0) is 24.3 Å². The number of carbonyl (C=O) groups excluding carboxylic acids is 3. The molecule has 0 fully saturated rings. The second kappa shape index (κ2) is 10.0. The summed E-state index contributed by atoms with van der Waals surface area (Å²) >= 11 is 0. The summed E-state index contributed by atoms with van der Waals surface area (Å²) < 4.78 is 16.7. The third-order valence-electron chi connectivity index (χ3n) is 5.27. The van der Waals surface area contributed by atoms with Gasteiger partial charge in [0.25, 0.3) is 11.8 Å². The molecule has 1 aliphatic heterocycles. The van der Waals surface area contributed by atoms with Crippen LogP contribution in [-0.2, 0) is 25.5 Å². The van der Waals surface area contributed by atoms with Crippen LogP contribution in [0, 0.1) is 0 Å². The van der Waals surface area contributed by atoms with Crippen LogP contribution in [-0.4, -0.2) is 44.1 Å². The maximum atomic E-state index is 12.8. The van der Waals surface area contributed by atoms with E-state index in [2.05, 4.69) is 5.32 Å². The topological polar surface area (TPSA) is 98.1 Å². The molecule has 2 amide bonds. The van der Waals surface area contributed by atoms with Gasteiger partial charge in [0.1, 0.15) is 17.3 Å². The normalized spacial score (nSPS) is 14.7. The average Bonchev–Trinajstić information content (AvgIpc) is 3.34. The fraction of sp³-hybridized carbons (Fsp3) is 0.240. The molecule has 2 heterocycles. The maximum absolute atomic E-state index is 12.8. The number of rotatable bonds is 7. The lowest BCUT2D eigenvalue weighted by atomic mass is 10.1. The minimum absolute atomic E-state index is 0.0295. The molecule has 0 bridgehead atoms. The monoisotopic (exact) mass is 448 g/mol. The Labute approximate surface area is 191 Å². The van der Waals surface area contributed by atoms with Gasteiger partial charge in [0, 0.05) is 19.0 Å². The van der Waals surface area contributed by atoms with E-state index in [1.807, 2.05) is 42.5 Å². The summed E-state index contributed by atoms with van der Waals surface area (Å²) in [6.45, 7) is -0.400. The Morgan fingerprint density at radius 1 is 1.03 bits per heavy atom. The van der Waals surface area contributed by atoms with E-state index in [9.17, 15) is 14.4 Å². The lowest BCUT2D eigenvalue weighted by Crippen LogP contribution is -2.51. The molecule has 8 heteroatoms. The quantitative estimate of drug-likeness (QED) is 0.558. The third-order valence-corrected chi connectivity index (χ3v) is 5.27. The molecule has 4 rings (SSSR count). The first-order valence-corrected chi connectivity index (χ1v) is 10.6. The number of fused-ring (bicyclic) bond motifs is 1. The van der Waals surface area contributed by atoms with E-state index in [-0.39, 0.29) is 18.9 Å². The fourth-order valence-corrected chi connectivity index (χ4v) is 3.56. The van der Waals surface area contributed by atoms with Crippen molar-refractivity contribution >= 4 is 23.5 Å². The molecule has 1 atom stereocenters. The number of ether oxygens (including phenoxy) is 2. The van der Waals surface area contributed by atoms with Crippen molar-refractivity contribution in [2.24, 2.45) is 0 Å². The average molecular weight is 448 g/mol. The van der Waals surface area contributed by atoms with Crippen molar-refractivity contribution in [1.29, 1.82) is 0 Å². The minimum Gasteiger partial charge on any atom is -0.477 e. The number of anilines is 1. The Hall–Kier alpha value is -4.07. The van der Waals surface area contributed by atoms with Crippen LogP contribution in [0.2, 0.25) is 0 Å². The second-order valence-electron chi connectivity index (χ2n) is 7.49. The summed E-state index contributed by atoms with van der Waals surface area (Å²) in [5, 5.41) is 2.52. The zero-order valence-corrected chi connectivity index (χ0v) is 18.2. The van der Waals surface area contributed by atoms with Gasteiger partial charge in [-0.3, -0.25) is 14.4 Å². The molecule has 33 heavy (non-hydrogen) atoms. The van der Waals surface area contributed by atoms with E-state index in [1.165, 1.54) is 11.9 Å². The number of hydrogen-bond donors (Lipinski definition) is 1. The molecule has 170 valence electrons. The third kappa shape index (κ3) is 5.23. The van der Waals surface area contributed by atoms with Gasteiger partial charge in [-0.25, -0.2) is 0 Å². The standard InChI is InChI=1S/C25H24N2O6/c1-26-25(30)22-15-27(19-9-5-6-10-21(19)33-22)23(28)16-31-24(29)14-12-18-11-13-20(32-18)17-7-3-2-4-8-17/h2-11,13,22H,12,14-16H2,1H3,(H,26,30). The van der Waals surface area contributed by atoms with Crippen molar-refractivity contribution in [2.75, 3.05) is 25.1 Å². The van der Waals surface area contributed by atoms with E-state index >= 15 is 0 Å². The molecule has 2 aromatic carbocycles. The molecule has 1 N–H and O–H groups in total. The lowest BCUT2D eigenvalue weighted by molar-refractivity contribution is -0.148. The molecule has 1 aliphatic rings. The summed E-state index contributed by atoms with van der Waals surface area (Å²) in [7, 11) is 1.50. The van der Waals surface area contributed by atoms with Crippen LogP contribution in [0.25, 0.3) is 11.3 Å². The Balaban J connectivity index is 1.31. The summed E-state index contributed by atoms with van der Waals surface area (Å²) in [5.41, 5.74) is 1.49. The number of esters is 1. The molecular formula is C25H24N2O6. The molecular weight excluding hydrogens is 424 g/mol. The van der Waals surface area contributed by atoms with E-state index in [0.29, 0.717) is 23.6 Å². The first kappa shape index (κ1) is 22.1. The largest absolute Gasteiger partial charge is 0.477 e. The summed E-state index contributed by atoms with van der Waals surface area (Å²) in [5.74, 6) is 0.526. The van der Waals surface area contributed by atoms with E-state index in [4.69, 9.17) is 13.9 Å². The fourth-order valence-electron chi connectivity index (χ4n) is 3.56. The molecule has 1 unspecified atom stereocenters. The molecule has 1 aromatic heterocycles. The second-order valence-corrected chi connectivity index (χ2v) is 7.49. The van der Waals surface area contributed by atoms with Gasteiger partial charge in [0.05, 0.1) is 18.7 Å². The van der Waals surface area contributed by atoms with E-state index in [0.717, 1.165) is 11.3 Å². The zero-order valence-electron chi connectivity index (χ0n) is 18.2. The molecule has 0 spiro atoms. The van der Waals surface area contributed by atoms with Crippen molar-refractivity contribution in [3.63, 3.8) is 0 Å². The number of benzene rings is 2. The first-order chi connectivity index (χ1) is 16.0. The lowest BCUT2D eigenvalue weighted by Gasteiger charge is -2.33. The van der Waals surface area contributed by atoms with Gasteiger partial charge in [-0.1, -0.05) is 42.5 Å². The van der Waals surface area contributed by atoms with Crippen LogP contribution in [0.1, 0.15) is 12.2 Å². The Bertz CT molecular complexity index is 1140. The van der Waals surface area contributed by atoms with E-state index < -0.39 is 24.6 Å². The SMILES string of the molecule is CNC(=O)C1CN(C(=O)COC(=O)CCc2ccc(-c3ccccc3)o2)c2ccccc2O1. The Kier molecular flexibility index (Phi) is 6.73. The van der Waals surface area contributed by atoms with Crippen molar-refractivity contribution < 1.29 is 28.3 Å². The number of carbonyl (C=O) groups is 3. The molecule has 0 saturated heterocycles. The smallest absolute Gasteiger partial charge is 0.306 e. The van der Waals surface area contributed by atoms with Gasteiger partial charge >= 0.3 is 5.97 Å². The molecule has 0 aliphatic carbocycles. The highest BCUT2D eigenvalue weighted by atomic mass is 16.5. The van der Waals surface area contributed by atoms with Crippen LogP contribution in [0.15, 0.2) is 71.1 Å². The van der Waals surface area contributed by atoms with Gasteiger partial charge in [-0.2, -0.15) is 0 Å². The Morgan fingerprint density at radius 3 is 2.58 bits per heavy atom. The summed E-state index contributed by atoms with van der Waals surface area (Å²) in [6, 6.07) is 20.3. The van der Waals surface area contributed by atoms with Gasteiger partial charge in [0.15, 0.2) is 12.7 Å². The number of hydrogen-bond acceptors (Lipinski definition) is 6. The highest BCUT2D eigenvalue weighted by molar-refractivity contribution is 5.98. The van der Waals surface area contributed by atoms with Gasteiger partial charge in [-0.15, -0.1) is 0 Å². The van der Waals surface area contributed by atoms with Crippen LogP contribution in [0.3, 0.4) is 0 Å². The zero-order chi connectivity index (χ0) is 23.2. The number of aryl methyl sites for hydroxylation is 1. The van der Waals surface area contributed by atoms with Crippen molar-refractivity contribution in [3.8, 4) is 17.1 Å². The molecule has 3 aromatic rings. The van der Waals surface area contributed by atoms with Crippen LogP contribution in [0.4, 0.5) is 5.69 Å². The summed E-state index contributed by atoms with van der Waals surface area (Å²) in [6.07, 6.45) is -0.406. The number of likely N-dealkylation sites (N-methyl/N-ethyl adjacent to an activating group) is 1. The predicted molar refractivity (Wildman–Crippen MR) is 121 cm³/mol. The van der Waals surface area contributed by atoms with Crippen molar-refractivity contribution in [2.45, 2.75) is 18.9 Å². The van der Waals surface area contributed by atoms with Crippen molar-refractivity contribution in [1.82, 2.24) is 5.32 Å². The van der Waals surface area contributed by atoms with Crippen LogP contribution in [0.5, 0.6) is 5.75 Å². The number of furan rings is 1. The highest BCUT2D eigenvalue weighted by Gasteiger charge is 2.33. The number of para-hydroxylation sites is 2. The van der Waals surface area contributed by atoms with Gasteiger partial charge in [0.2, 0.25) is 0 Å². The molecule has 0 saturated carbocycles. The molecule has 8 nitrogen and oxygen atoms in total. The van der Waals surface area contributed by atoms with E-state index in [1.54, 1.807) is 24.3 Å². The number of nitrogens with zero attached hydrogens (tertiary/aromatic N) is 1. The first-order valence-electron chi connectivity index (χ1n) is 10.6. The minimum atomic E-state index is -0.845. The maximum Gasteiger partial charge on any atom is 0.306 e. The van der Waals surface area contributed by atoms with Gasteiger partial charge < -0.3 is 24.1 Å². The number of nitrogens with one attached hydrogen (secondary N) is 1. The van der Waals surface area contributed by atoms with Crippen LogP contribution >= 0.6 is 0 Å². The van der Waals surface area contributed by atoms with Crippen LogP contribution < -0.4 is 15.0 Å². The van der Waals surface area contributed by atoms with Crippen molar-refractivity contribution in [3.05, 3.63) is 72.5 Å². The number of amides is 2. The predicted octanol–water partition coefficient (Wildman–Crippen LogP) is 2.96.